The van der Waals surface area contributed by atoms with Gasteiger partial charge in [0.1, 0.15) is 11.8 Å². The van der Waals surface area contributed by atoms with E-state index in [2.05, 4.69) is 11.0 Å². The van der Waals surface area contributed by atoms with Crippen LogP contribution >= 0.6 is 0 Å². The van der Waals surface area contributed by atoms with Gasteiger partial charge in [0.15, 0.2) is 0 Å². The number of hydrogen-bond donors (Lipinski definition) is 0. The molecule has 0 spiro atoms. The number of methoxy groups -OCH3 is 1. The van der Waals surface area contributed by atoms with Crippen molar-refractivity contribution in [3.8, 4) is 11.8 Å². The van der Waals surface area contributed by atoms with Crippen LogP contribution in [0, 0.1) is 11.3 Å². The fourth-order valence-electron chi connectivity index (χ4n) is 2.31. The van der Waals surface area contributed by atoms with Gasteiger partial charge < -0.3 is 9.64 Å². The third-order valence-electron chi connectivity index (χ3n) is 3.27. The van der Waals surface area contributed by atoms with E-state index in [0.717, 1.165) is 18.8 Å². The Bertz CT molecular complexity index is 415. The van der Waals surface area contributed by atoms with Crippen molar-refractivity contribution in [2.45, 2.75) is 25.7 Å². The van der Waals surface area contributed by atoms with Crippen molar-refractivity contribution in [1.29, 1.82) is 5.26 Å². The summed E-state index contributed by atoms with van der Waals surface area (Å²) < 4.78 is 5.16. The molecule has 17 heavy (non-hydrogen) atoms. The minimum absolute atomic E-state index is 0.620. The Balaban J connectivity index is 2.23. The molecule has 2 rings (SSSR count). The molecule has 1 fully saturated rings. The van der Waals surface area contributed by atoms with Gasteiger partial charge >= 0.3 is 0 Å². The number of anilines is 1. The summed E-state index contributed by atoms with van der Waals surface area (Å²) in [6, 6.07) is 8.06. The number of rotatable bonds is 2. The van der Waals surface area contributed by atoms with E-state index in [4.69, 9.17) is 10.00 Å². The maximum atomic E-state index is 9.08. The van der Waals surface area contributed by atoms with E-state index in [1.807, 2.05) is 18.2 Å². The van der Waals surface area contributed by atoms with E-state index in [1.165, 1.54) is 25.7 Å². The summed E-state index contributed by atoms with van der Waals surface area (Å²) in [5, 5.41) is 9.08. The molecule has 1 saturated heterocycles. The van der Waals surface area contributed by atoms with Crippen LogP contribution in [0.15, 0.2) is 18.2 Å². The number of nitrogens with zero attached hydrogens (tertiary/aromatic N) is 2. The maximum Gasteiger partial charge on any atom is 0.136 e. The standard InChI is InChI=1S/C14H18N2O/c1-17-14-7-6-13(10-12(14)11-15)16-8-4-2-3-5-9-16/h6-7,10H,2-5,8-9H2,1H3. The Morgan fingerprint density at radius 1 is 1.18 bits per heavy atom. The lowest BCUT2D eigenvalue weighted by Crippen LogP contribution is -2.23. The first-order chi connectivity index (χ1) is 8.35. The van der Waals surface area contributed by atoms with Crippen molar-refractivity contribution < 1.29 is 4.74 Å². The lowest BCUT2D eigenvalue weighted by Gasteiger charge is -2.23. The van der Waals surface area contributed by atoms with Gasteiger partial charge in [0, 0.05) is 18.8 Å². The highest BCUT2D eigenvalue weighted by molar-refractivity contribution is 5.57. The zero-order valence-electron chi connectivity index (χ0n) is 10.3. The van der Waals surface area contributed by atoms with Crippen LogP contribution in [0.2, 0.25) is 0 Å². The molecule has 0 N–H and O–H groups in total. The van der Waals surface area contributed by atoms with E-state index in [-0.39, 0.29) is 0 Å². The van der Waals surface area contributed by atoms with E-state index in [9.17, 15) is 0 Å². The van der Waals surface area contributed by atoms with Gasteiger partial charge in [0.05, 0.1) is 12.7 Å². The summed E-state index contributed by atoms with van der Waals surface area (Å²) in [7, 11) is 1.60. The molecule has 0 saturated carbocycles. The predicted molar refractivity (Wildman–Crippen MR) is 68.4 cm³/mol. The van der Waals surface area contributed by atoms with Crippen LogP contribution in [0.5, 0.6) is 5.75 Å². The lowest BCUT2D eigenvalue weighted by atomic mass is 10.1. The number of hydrogen-bond acceptors (Lipinski definition) is 3. The molecule has 90 valence electrons. The van der Waals surface area contributed by atoms with E-state index in [0.29, 0.717) is 11.3 Å². The van der Waals surface area contributed by atoms with Crippen LogP contribution in [0.4, 0.5) is 5.69 Å². The molecule has 0 atom stereocenters. The summed E-state index contributed by atoms with van der Waals surface area (Å²) in [6.45, 7) is 2.19. The summed E-state index contributed by atoms with van der Waals surface area (Å²) in [5.74, 6) is 0.658. The molecule has 0 bridgehead atoms. The highest BCUT2D eigenvalue weighted by Crippen LogP contribution is 2.26. The molecule has 0 unspecified atom stereocenters. The van der Waals surface area contributed by atoms with Gasteiger partial charge in [-0.2, -0.15) is 5.26 Å². The predicted octanol–water partition coefficient (Wildman–Crippen LogP) is 2.95. The highest BCUT2D eigenvalue weighted by Gasteiger charge is 2.12. The Morgan fingerprint density at radius 2 is 1.88 bits per heavy atom. The third kappa shape index (κ3) is 2.71. The molecule has 0 radical (unpaired) electrons. The lowest BCUT2D eigenvalue weighted by molar-refractivity contribution is 0.413. The molecule has 0 aliphatic carbocycles. The minimum Gasteiger partial charge on any atom is -0.495 e. The average Bonchev–Trinajstić information content (AvgIpc) is 2.66. The number of ether oxygens (including phenoxy) is 1. The van der Waals surface area contributed by atoms with Crippen molar-refractivity contribution in [3.63, 3.8) is 0 Å². The molecule has 3 nitrogen and oxygen atoms in total. The van der Waals surface area contributed by atoms with Crippen LogP contribution < -0.4 is 9.64 Å². The van der Waals surface area contributed by atoms with Crippen molar-refractivity contribution in [2.75, 3.05) is 25.1 Å². The fraction of sp³-hybridized carbons (Fsp3) is 0.500. The van der Waals surface area contributed by atoms with E-state index >= 15 is 0 Å². The Morgan fingerprint density at radius 3 is 2.47 bits per heavy atom. The summed E-state index contributed by atoms with van der Waals surface area (Å²) in [6.07, 6.45) is 5.12. The molecule has 0 amide bonds. The number of nitriles is 1. The second-order valence-electron chi connectivity index (χ2n) is 4.40. The van der Waals surface area contributed by atoms with Gasteiger partial charge in [-0.3, -0.25) is 0 Å². The second-order valence-corrected chi connectivity index (χ2v) is 4.40. The van der Waals surface area contributed by atoms with Gasteiger partial charge in [-0.05, 0) is 31.0 Å². The molecule has 3 heteroatoms. The van der Waals surface area contributed by atoms with Crippen LogP contribution in [0.25, 0.3) is 0 Å². The monoisotopic (exact) mass is 230 g/mol. The highest BCUT2D eigenvalue weighted by atomic mass is 16.5. The van der Waals surface area contributed by atoms with Crippen molar-refractivity contribution in [1.82, 2.24) is 0 Å². The Hall–Kier alpha value is -1.69. The molecular weight excluding hydrogens is 212 g/mol. The van der Waals surface area contributed by atoms with Crippen LogP contribution in [0.1, 0.15) is 31.2 Å². The zero-order valence-corrected chi connectivity index (χ0v) is 10.3. The first kappa shape index (κ1) is 11.8. The van der Waals surface area contributed by atoms with Gasteiger partial charge in [-0.25, -0.2) is 0 Å². The van der Waals surface area contributed by atoms with E-state index < -0.39 is 0 Å². The Labute approximate surface area is 103 Å². The Kier molecular flexibility index (Phi) is 3.87. The van der Waals surface area contributed by atoms with Crippen LogP contribution in [-0.2, 0) is 0 Å². The first-order valence-corrected chi connectivity index (χ1v) is 6.18. The largest absolute Gasteiger partial charge is 0.495 e. The molecule has 1 heterocycles. The van der Waals surface area contributed by atoms with Crippen molar-refractivity contribution >= 4 is 5.69 Å². The van der Waals surface area contributed by atoms with Gasteiger partial charge in [0.25, 0.3) is 0 Å². The van der Waals surface area contributed by atoms with Crippen LogP contribution in [0.3, 0.4) is 0 Å². The maximum absolute atomic E-state index is 9.08. The van der Waals surface area contributed by atoms with Gasteiger partial charge in [-0.15, -0.1) is 0 Å². The number of benzene rings is 1. The molecular formula is C14H18N2O. The zero-order chi connectivity index (χ0) is 12.1. The summed E-state index contributed by atoms with van der Waals surface area (Å²) in [5.41, 5.74) is 1.76. The summed E-state index contributed by atoms with van der Waals surface area (Å²) in [4.78, 5) is 2.37. The third-order valence-corrected chi connectivity index (χ3v) is 3.27. The van der Waals surface area contributed by atoms with Crippen molar-refractivity contribution in [3.05, 3.63) is 23.8 Å². The van der Waals surface area contributed by atoms with Crippen LogP contribution in [-0.4, -0.2) is 20.2 Å². The van der Waals surface area contributed by atoms with Gasteiger partial charge in [-0.1, -0.05) is 12.8 Å². The average molecular weight is 230 g/mol. The topological polar surface area (TPSA) is 36.3 Å². The quantitative estimate of drug-likeness (QED) is 0.783. The molecule has 0 aromatic heterocycles. The molecule has 1 aromatic rings. The van der Waals surface area contributed by atoms with E-state index in [1.54, 1.807) is 7.11 Å². The molecule has 1 aliphatic rings. The van der Waals surface area contributed by atoms with Crippen molar-refractivity contribution in [2.24, 2.45) is 0 Å². The SMILES string of the molecule is COc1ccc(N2CCCCCC2)cc1C#N. The molecule has 1 aromatic carbocycles. The smallest absolute Gasteiger partial charge is 0.136 e. The normalized spacial score (nSPS) is 16.1. The van der Waals surface area contributed by atoms with Gasteiger partial charge in [0.2, 0.25) is 0 Å². The first-order valence-electron chi connectivity index (χ1n) is 6.18. The fourth-order valence-corrected chi connectivity index (χ4v) is 2.31. The minimum atomic E-state index is 0.620. The molecule has 1 aliphatic heterocycles. The summed E-state index contributed by atoms with van der Waals surface area (Å²) >= 11 is 0. The second kappa shape index (κ2) is 5.58.